The minimum atomic E-state index is -0.372. The van der Waals surface area contributed by atoms with Crippen LogP contribution in [0.1, 0.15) is 16.8 Å². The predicted octanol–water partition coefficient (Wildman–Crippen LogP) is 4.45. The number of nitro groups is 1. The maximum Gasteiger partial charge on any atom is 0.270 e. The lowest BCUT2D eigenvalue weighted by molar-refractivity contribution is -0.384. The number of non-ortho nitro benzene ring substituents is 1. The monoisotopic (exact) mass is 307 g/mol. The summed E-state index contributed by atoms with van der Waals surface area (Å²) in [7, 11) is 1.95. The maximum atomic E-state index is 11.0. The van der Waals surface area contributed by atoms with Gasteiger partial charge in [0, 0.05) is 47.6 Å². The van der Waals surface area contributed by atoms with Crippen LogP contribution in [0.4, 0.5) is 11.4 Å². The first-order chi connectivity index (χ1) is 11.0. The summed E-state index contributed by atoms with van der Waals surface area (Å²) in [6.45, 7) is 4.01. The van der Waals surface area contributed by atoms with E-state index >= 15 is 0 Å². The minimum Gasteiger partial charge on any atom is -0.347 e. The summed E-state index contributed by atoms with van der Waals surface area (Å²) in [5.41, 5.74) is 4.99. The molecule has 0 amide bonds. The van der Waals surface area contributed by atoms with Crippen molar-refractivity contribution in [2.45, 2.75) is 13.8 Å². The Hall–Kier alpha value is -2.95. The molecule has 5 nitrogen and oxygen atoms in total. The van der Waals surface area contributed by atoms with Crippen molar-refractivity contribution in [1.29, 1.82) is 0 Å². The summed E-state index contributed by atoms with van der Waals surface area (Å²) in [4.78, 5) is 15.2. The molecule has 0 aliphatic carbocycles. The van der Waals surface area contributed by atoms with Crippen molar-refractivity contribution < 1.29 is 4.92 Å². The average Bonchev–Trinajstić information content (AvgIpc) is 2.76. The van der Waals surface area contributed by atoms with E-state index in [4.69, 9.17) is 0 Å². The van der Waals surface area contributed by atoms with E-state index in [1.807, 2.05) is 49.7 Å². The molecule has 0 atom stereocenters. The molecule has 2 aromatic carbocycles. The van der Waals surface area contributed by atoms with E-state index in [1.165, 1.54) is 6.07 Å². The molecule has 0 radical (unpaired) electrons. The largest absolute Gasteiger partial charge is 0.347 e. The zero-order valence-corrected chi connectivity index (χ0v) is 13.3. The van der Waals surface area contributed by atoms with Crippen molar-refractivity contribution >= 4 is 28.5 Å². The van der Waals surface area contributed by atoms with Gasteiger partial charge in [-0.15, -0.1) is 0 Å². The number of nitrogens with zero attached hydrogens (tertiary/aromatic N) is 3. The van der Waals surface area contributed by atoms with Crippen LogP contribution in [0.25, 0.3) is 10.9 Å². The van der Waals surface area contributed by atoms with Crippen LogP contribution >= 0.6 is 0 Å². The van der Waals surface area contributed by atoms with Crippen LogP contribution in [0.15, 0.2) is 47.5 Å². The molecule has 0 N–H and O–H groups in total. The molecule has 0 unspecified atom stereocenters. The fraction of sp³-hybridized carbons (Fsp3) is 0.167. The first-order valence-corrected chi connectivity index (χ1v) is 7.31. The highest BCUT2D eigenvalue weighted by molar-refractivity contribution is 6.02. The van der Waals surface area contributed by atoms with Crippen molar-refractivity contribution in [2.75, 3.05) is 0 Å². The van der Waals surface area contributed by atoms with Crippen LogP contribution in [-0.2, 0) is 7.05 Å². The highest BCUT2D eigenvalue weighted by atomic mass is 16.6. The standard InChI is InChI=1S/C18H17N3O2/c1-12-5-4-6-14(9-12)19-11-17-13(2)20(3)18-8-7-15(21(22)23)10-16(17)18/h4-11H,1-3H3. The zero-order valence-electron chi connectivity index (χ0n) is 13.3. The summed E-state index contributed by atoms with van der Waals surface area (Å²) in [6, 6.07) is 12.8. The molecule has 1 aromatic heterocycles. The average molecular weight is 307 g/mol. The number of fused-ring (bicyclic) bond motifs is 1. The Bertz CT molecular complexity index is 939. The second kappa shape index (κ2) is 5.68. The summed E-state index contributed by atoms with van der Waals surface area (Å²) in [5, 5.41) is 11.9. The molecule has 0 saturated heterocycles. The van der Waals surface area contributed by atoms with Crippen molar-refractivity contribution in [3.63, 3.8) is 0 Å². The normalized spacial score (nSPS) is 11.4. The number of nitro benzene ring substituents is 1. The molecular weight excluding hydrogens is 290 g/mol. The number of hydrogen-bond acceptors (Lipinski definition) is 3. The van der Waals surface area contributed by atoms with Crippen LogP contribution in [0.2, 0.25) is 0 Å². The molecule has 0 fully saturated rings. The van der Waals surface area contributed by atoms with Gasteiger partial charge in [-0.2, -0.15) is 0 Å². The fourth-order valence-corrected chi connectivity index (χ4v) is 2.71. The van der Waals surface area contributed by atoms with E-state index in [1.54, 1.807) is 18.3 Å². The molecule has 3 aromatic rings. The summed E-state index contributed by atoms with van der Waals surface area (Å²) >= 11 is 0. The van der Waals surface area contributed by atoms with Gasteiger partial charge in [0.05, 0.1) is 10.6 Å². The number of rotatable bonds is 3. The lowest BCUT2D eigenvalue weighted by Crippen LogP contribution is -1.91. The first-order valence-electron chi connectivity index (χ1n) is 7.31. The van der Waals surface area contributed by atoms with Gasteiger partial charge in [0.2, 0.25) is 0 Å². The van der Waals surface area contributed by atoms with Crippen LogP contribution in [0.5, 0.6) is 0 Å². The van der Waals surface area contributed by atoms with Crippen LogP contribution < -0.4 is 0 Å². The van der Waals surface area contributed by atoms with Crippen LogP contribution in [-0.4, -0.2) is 15.7 Å². The molecule has 116 valence electrons. The van der Waals surface area contributed by atoms with Gasteiger partial charge in [-0.25, -0.2) is 0 Å². The Morgan fingerprint density at radius 3 is 2.65 bits per heavy atom. The topological polar surface area (TPSA) is 60.4 Å². The molecule has 0 aliphatic heterocycles. The van der Waals surface area contributed by atoms with Crippen molar-refractivity contribution in [3.8, 4) is 0 Å². The third-order valence-corrected chi connectivity index (χ3v) is 4.08. The number of benzene rings is 2. The van der Waals surface area contributed by atoms with Gasteiger partial charge in [0.25, 0.3) is 5.69 Å². The van der Waals surface area contributed by atoms with Crippen LogP contribution in [0, 0.1) is 24.0 Å². The van der Waals surface area contributed by atoms with Crippen LogP contribution in [0.3, 0.4) is 0 Å². The van der Waals surface area contributed by atoms with E-state index < -0.39 is 0 Å². The lowest BCUT2D eigenvalue weighted by Gasteiger charge is -1.98. The first kappa shape index (κ1) is 15.0. The number of aromatic nitrogens is 1. The Morgan fingerprint density at radius 2 is 1.96 bits per heavy atom. The molecule has 0 spiro atoms. The van der Waals surface area contributed by atoms with Gasteiger partial charge in [-0.05, 0) is 37.6 Å². The summed E-state index contributed by atoms with van der Waals surface area (Å²) < 4.78 is 2.02. The molecule has 23 heavy (non-hydrogen) atoms. The van der Waals surface area contributed by atoms with Gasteiger partial charge in [-0.3, -0.25) is 15.1 Å². The van der Waals surface area contributed by atoms with E-state index in [0.717, 1.165) is 33.4 Å². The second-order valence-corrected chi connectivity index (χ2v) is 5.61. The summed E-state index contributed by atoms with van der Waals surface area (Å²) in [5.74, 6) is 0. The van der Waals surface area contributed by atoms with E-state index in [0.29, 0.717) is 0 Å². The van der Waals surface area contributed by atoms with Gasteiger partial charge < -0.3 is 4.57 Å². The minimum absolute atomic E-state index is 0.0910. The summed E-state index contributed by atoms with van der Waals surface area (Å²) in [6.07, 6.45) is 1.79. The second-order valence-electron chi connectivity index (χ2n) is 5.61. The quantitative estimate of drug-likeness (QED) is 0.407. The molecule has 0 bridgehead atoms. The third kappa shape index (κ3) is 2.73. The fourth-order valence-electron chi connectivity index (χ4n) is 2.71. The van der Waals surface area contributed by atoms with Gasteiger partial charge in [-0.1, -0.05) is 12.1 Å². The molecule has 1 heterocycles. The number of aliphatic imine (C=N–C) groups is 1. The predicted molar refractivity (Wildman–Crippen MR) is 92.7 cm³/mol. The smallest absolute Gasteiger partial charge is 0.270 e. The number of hydrogen-bond donors (Lipinski definition) is 0. The lowest BCUT2D eigenvalue weighted by atomic mass is 10.1. The Labute approximate surface area is 134 Å². The third-order valence-electron chi connectivity index (χ3n) is 4.08. The highest BCUT2D eigenvalue weighted by Crippen LogP contribution is 2.28. The molecule has 5 heteroatoms. The molecule has 0 saturated carbocycles. The Morgan fingerprint density at radius 1 is 1.17 bits per heavy atom. The van der Waals surface area contributed by atoms with E-state index in [9.17, 15) is 10.1 Å². The molecule has 0 aliphatic rings. The maximum absolute atomic E-state index is 11.0. The van der Waals surface area contributed by atoms with E-state index in [2.05, 4.69) is 4.99 Å². The number of aryl methyl sites for hydroxylation is 2. The van der Waals surface area contributed by atoms with Gasteiger partial charge >= 0.3 is 0 Å². The molecule has 3 rings (SSSR count). The Kier molecular flexibility index (Phi) is 3.70. The van der Waals surface area contributed by atoms with Gasteiger partial charge in [0.1, 0.15) is 0 Å². The Balaban J connectivity index is 2.14. The zero-order chi connectivity index (χ0) is 16.6. The van der Waals surface area contributed by atoms with Crippen molar-refractivity contribution in [2.24, 2.45) is 12.0 Å². The van der Waals surface area contributed by atoms with Gasteiger partial charge in [0.15, 0.2) is 0 Å². The molecular formula is C18H17N3O2. The van der Waals surface area contributed by atoms with E-state index in [-0.39, 0.29) is 10.6 Å². The van der Waals surface area contributed by atoms with Crippen molar-refractivity contribution in [3.05, 3.63) is 69.4 Å². The van der Waals surface area contributed by atoms with Crippen molar-refractivity contribution in [1.82, 2.24) is 4.57 Å². The SMILES string of the molecule is Cc1cccc(N=Cc2c(C)n(C)c3ccc([N+](=O)[O-])cc23)c1. The highest BCUT2D eigenvalue weighted by Gasteiger charge is 2.14.